The standard InChI is InChI=1S/C11H15BrN2O4S/c1-3-18-6-11(15)14-9-4-7(2)10(5-8(9)12)19(13,16)17/h4-5H,3,6H2,1-2H3,(H,14,15)(H2,13,16,17). The highest BCUT2D eigenvalue weighted by Crippen LogP contribution is 2.28. The van der Waals surface area contributed by atoms with E-state index in [2.05, 4.69) is 21.2 Å². The van der Waals surface area contributed by atoms with Crippen LogP contribution in [0.3, 0.4) is 0 Å². The van der Waals surface area contributed by atoms with Gasteiger partial charge < -0.3 is 10.1 Å². The van der Waals surface area contributed by atoms with Crippen LogP contribution in [0.15, 0.2) is 21.5 Å². The Hall–Kier alpha value is -0.960. The maximum absolute atomic E-state index is 11.5. The van der Waals surface area contributed by atoms with Gasteiger partial charge in [-0.05, 0) is 47.5 Å². The predicted molar refractivity (Wildman–Crippen MR) is 75.4 cm³/mol. The molecule has 0 aliphatic rings. The van der Waals surface area contributed by atoms with E-state index in [1.165, 1.54) is 12.1 Å². The number of rotatable bonds is 5. The molecule has 1 aromatic carbocycles. The summed E-state index contributed by atoms with van der Waals surface area (Å²) in [5, 5.41) is 7.71. The Bertz CT molecular complexity index is 587. The Kier molecular flexibility index (Phi) is 5.48. The Morgan fingerprint density at radius 3 is 2.63 bits per heavy atom. The van der Waals surface area contributed by atoms with Crippen molar-refractivity contribution in [2.75, 3.05) is 18.5 Å². The topological polar surface area (TPSA) is 98.5 Å². The van der Waals surface area contributed by atoms with E-state index in [4.69, 9.17) is 9.88 Å². The third-order valence-corrected chi connectivity index (χ3v) is 3.99. The third kappa shape index (κ3) is 4.57. The van der Waals surface area contributed by atoms with Crippen LogP contribution in [0.2, 0.25) is 0 Å². The molecular formula is C11H15BrN2O4S. The molecule has 0 saturated heterocycles. The number of aryl methyl sites for hydroxylation is 1. The fourth-order valence-electron chi connectivity index (χ4n) is 1.45. The van der Waals surface area contributed by atoms with E-state index in [9.17, 15) is 13.2 Å². The van der Waals surface area contributed by atoms with Gasteiger partial charge in [-0.2, -0.15) is 0 Å². The van der Waals surface area contributed by atoms with Crippen LogP contribution in [0.5, 0.6) is 0 Å². The van der Waals surface area contributed by atoms with E-state index in [1.807, 2.05) is 0 Å². The molecule has 0 radical (unpaired) electrons. The number of hydrogen-bond donors (Lipinski definition) is 2. The van der Waals surface area contributed by atoms with Crippen LogP contribution in [0.25, 0.3) is 0 Å². The summed E-state index contributed by atoms with van der Waals surface area (Å²) in [6, 6.07) is 2.90. The first kappa shape index (κ1) is 16.1. The lowest BCUT2D eigenvalue weighted by atomic mass is 10.2. The molecule has 6 nitrogen and oxygen atoms in total. The van der Waals surface area contributed by atoms with Crippen molar-refractivity contribution in [1.29, 1.82) is 0 Å². The molecule has 106 valence electrons. The molecular weight excluding hydrogens is 336 g/mol. The number of nitrogens with two attached hydrogens (primary N) is 1. The van der Waals surface area contributed by atoms with Crippen molar-refractivity contribution in [3.8, 4) is 0 Å². The van der Waals surface area contributed by atoms with Gasteiger partial charge >= 0.3 is 0 Å². The number of nitrogens with one attached hydrogen (secondary N) is 1. The Morgan fingerprint density at radius 2 is 2.11 bits per heavy atom. The predicted octanol–water partition coefficient (Wildman–Crippen LogP) is 1.38. The summed E-state index contributed by atoms with van der Waals surface area (Å²) >= 11 is 3.19. The van der Waals surface area contributed by atoms with Crippen molar-refractivity contribution in [1.82, 2.24) is 0 Å². The summed E-state index contributed by atoms with van der Waals surface area (Å²) in [6.07, 6.45) is 0. The van der Waals surface area contributed by atoms with Crippen molar-refractivity contribution >= 4 is 37.5 Å². The van der Waals surface area contributed by atoms with Crippen LogP contribution in [0.4, 0.5) is 5.69 Å². The number of ether oxygens (including phenoxy) is 1. The number of hydrogen-bond acceptors (Lipinski definition) is 4. The van der Waals surface area contributed by atoms with Gasteiger partial charge in [-0.15, -0.1) is 0 Å². The number of anilines is 1. The largest absolute Gasteiger partial charge is 0.372 e. The van der Waals surface area contributed by atoms with Crippen LogP contribution < -0.4 is 10.5 Å². The summed E-state index contributed by atoms with van der Waals surface area (Å²) in [6.45, 7) is 3.77. The average Bonchev–Trinajstić information content (AvgIpc) is 2.29. The van der Waals surface area contributed by atoms with Gasteiger partial charge in [-0.1, -0.05) is 0 Å². The highest BCUT2D eigenvalue weighted by molar-refractivity contribution is 9.10. The minimum Gasteiger partial charge on any atom is -0.372 e. The van der Waals surface area contributed by atoms with Crippen molar-refractivity contribution in [3.63, 3.8) is 0 Å². The first-order chi connectivity index (χ1) is 8.75. The Morgan fingerprint density at radius 1 is 1.47 bits per heavy atom. The van der Waals surface area contributed by atoms with Crippen molar-refractivity contribution in [2.45, 2.75) is 18.7 Å². The fourth-order valence-corrected chi connectivity index (χ4v) is 2.83. The van der Waals surface area contributed by atoms with Gasteiger partial charge in [0.05, 0.1) is 10.6 Å². The van der Waals surface area contributed by atoms with Gasteiger partial charge in [0.25, 0.3) is 0 Å². The third-order valence-electron chi connectivity index (χ3n) is 2.28. The molecule has 0 spiro atoms. The van der Waals surface area contributed by atoms with Crippen LogP contribution in [0, 0.1) is 6.92 Å². The molecule has 0 unspecified atom stereocenters. The molecule has 0 fully saturated rings. The van der Waals surface area contributed by atoms with Crippen LogP contribution >= 0.6 is 15.9 Å². The minimum absolute atomic E-state index is 0.0159. The number of benzene rings is 1. The van der Waals surface area contributed by atoms with Gasteiger partial charge in [-0.25, -0.2) is 13.6 Å². The van der Waals surface area contributed by atoms with Crippen LogP contribution in [-0.4, -0.2) is 27.5 Å². The van der Waals surface area contributed by atoms with Crippen molar-refractivity contribution in [3.05, 3.63) is 22.2 Å². The molecule has 0 aliphatic carbocycles. The normalized spacial score (nSPS) is 11.4. The zero-order chi connectivity index (χ0) is 14.6. The molecule has 0 heterocycles. The van der Waals surface area contributed by atoms with Crippen LogP contribution in [0.1, 0.15) is 12.5 Å². The van der Waals surface area contributed by atoms with Crippen LogP contribution in [-0.2, 0) is 19.6 Å². The van der Waals surface area contributed by atoms with Gasteiger partial charge in [0, 0.05) is 11.1 Å². The van der Waals surface area contributed by atoms with Crippen molar-refractivity contribution < 1.29 is 17.9 Å². The highest BCUT2D eigenvalue weighted by atomic mass is 79.9. The molecule has 19 heavy (non-hydrogen) atoms. The monoisotopic (exact) mass is 350 g/mol. The van der Waals surface area contributed by atoms with E-state index < -0.39 is 10.0 Å². The summed E-state index contributed by atoms with van der Waals surface area (Å²) in [4.78, 5) is 11.5. The number of sulfonamides is 1. The van der Waals surface area contributed by atoms with E-state index in [0.717, 1.165) is 0 Å². The number of halogens is 1. The average molecular weight is 351 g/mol. The molecule has 0 aliphatic heterocycles. The van der Waals surface area contributed by atoms with E-state index in [1.54, 1.807) is 13.8 Å². The van der Waals surface area contributed by atoms with Gasteiger partial charge in [0.1, 0.15) is 6.61 Å². The van der Waals surface area contributed by atoms with E-state index >= 15 is 0 Å². The van der Waals surface area contributed by atoms with Gasteiger partial charge in [0.15, 0.2) is 0 Å². The molecule has 0 atom stereocenters. The summed E-state index contributed by atoms with van der Waals surface area (Å²) in [7, 11) is -3.78. The number of carbonyl (C=O) groups excluding carboxylic acids is 1. The number of amides is 1. The molecule has 0 aromatic heterocycles. The van der Waals surface area contributed by atoms with E-state index in [-0.39, 0.29) is 17.4 Å². The molecule has 8 heteroatoms. The second-order valence-electron chi connectivity index (χ2n) is 3.83. The first-order valence-electron chi connectivity index (χ1n) is 5.46. The second-order valence-corrected chi connectivity index (χ2v) is 6.21. The number of primary sulfonamides is 1. The highest BCUT2D eigenvalue weighted by Gasteiger charge is 2.15. The zero-order valence-electron chi connectivity index (χ0n) is 10.6. The number of carbonyl (C=O) groups is 1. The Labute approximate surface area is 120 Å². The lowest BCUT2D eigenvalue weighted by Gasteiger charge is -2.11. The second kappa shape index (κ2) is 6.47. The molecule has 3 N–H and O–H groups in total. The van der Waals surface area contributed by atoms with Gasteiger partial charge in [-0.3, -0.25) is 4.79 Å². The van der Waals surface area contributed by atoms with Crippen molar-refractivity contribution in [2.24, 2.45) is 5.14 Å². The quantitative estimate of drug-likeness (QED) is 0.837. The lowest BCUT2D eigenvalue weighted by molar-refractivity contribution is -0.120. The minimum atomic E-state index is -3.78. The maximum atomic E-state index is 11.5. The SMILES string of the molecule is CCOCC(=O)Nc1cc(C)c(S(N)(=O)=O)cc1Br. The molecule has 1 aromatic rings. The Balaban J connectivity index is 3.00. The molecule has 0 saturated carbocycles. The fraction of sp³-hybridized carbons (Fsp3) is 0.364. The summed E-state index contributed by atoms with van der Waals surface area (Å²) in [5.74, 6) is -0.315. The van der Waals surface area contributed by atoms with Gasteiger partial charge in [0.2, 0.25) is 15.9 Å². The smallest absolute Gasteiger partial charge is 0.250 e. The molecule has 1 rings (SSSR count). The summed E-state index contributed by atoms with van der Waals surface area (Å²) in [5.41, 5.74) is 0.923. The van der Waals surface area contributed by atoms with E-state index in [0.29, 0.717) is 22.3 Å². The maximum Gasteiger partial charge on any atom is 0.250 e. The molecule has 1 amide bonds. The lowest BCUT2D eigenvalue weighted by Crippen LogP contribution is -2.19. The summed E-state index contributed by atoms with van der Waals surface area (Å²) < 4.78 is 28.1. The zero-order valence-corrected chi connectivity index (χ0v) is 13.0. The first-order valence-corrected chi connectivity index (χ1v) is 7.80. The molecule has 0 bridgehead atoms.